The third-order valence-corrected chi connectivity index (χ3v) is 10.0. The molecular formula is C27H31N3O8S2. The normalized spacial score (nSPS) is 14.3. The molecule has 1 heterocycles. The zero-order valence-electron chi connectivity index (χ0n) is 22.1. The Balaban J connectivity index is 1.27. The molecule has 214 valence electrons. The number of anilines is 1. The Labute approximate surface area is 234 Å². The van der Waals surface area contributed by atoms with Crippen molar-refractivity contribution in [3.8, 4) is 11.5 Å². The molecule has 0 bridgehead atoms. The highest BCUT2D eigenvalue weighted by Crippen LogP contribution is 2.24. The highest BCUT2D eigenvalue weighted by Gasteiger charge is 2.26. The van der Waals surface area contributed by atoms with Gasteiger partial charge in [0.25, 0.3) is 15.9 Å². The zero-order valence-corrected chi connectivity index (χ0v) is 23.8. The maximum absolute atomic E-state index is 12.9. The number of carbonyl (C=O) groups excluding carboxylic acids is 1. The van der Waals surface area contributed by atoms with Gasteiger partial charge < -0.3 is 19.5 Å². The van der Waals surface area contributed by atoms with Crippen LogP contribution in [0.25, 0.3) is 0 Å². The van der Waals surface area contributed by atoms with Crippen molar-refractivity contribution in [1.29, 1.82) is 0 Å². The van der Waals surface area contributed by atoms with E-state index in [-0.39, 0.29) is 28.8 Å². The van der Waals surface area contributed by atoms with Crippen LogP contribution in [0.1, 0.15) is 10.4 Å². The van der Waals surface area contributed by atoms with Crippen LogP contribution in [0, 0.1) is 0 Å². The maximum atomic E-state index is 12.9. The second-order valence-electron chi connectivity index (χ2n) is 8.79. The molecule has 11 nitrogen and oxygen atoms in total. The Morgan fingerprint density at radius 3 is 2.05 bits per heavy atom. The molecule has 3 aromatic rings. The standard InChI is InChI=1S/C27H31N3O8S2/c1-29(39(32,33)25-11-7-23(36-2)8-12-25)22-5-3-21(4-6-22)27(31)28-15-18-38-24-9-13-26(14-10-24)40(34,35)30-16-19-37-20-17-30/h3-14H,15-20H2,1-2H3,(H,28,31). The first-order valence-electron chi connectivity index (χ1n) is 12.4. The van der Waals surface area contributed by atoms with E-state index in [0.717, 1.165) is 4.31 Å². The van der Waals surface area contributed by atoms with Gasteiger partial charge in [-0.05, 0) is 72.8 Å². The number of morpholine rings is 1. The van der Waals surface area contributed by atoms with Gasteiger partial charge in [-0.25, -0.2) is 16.8 Å². The number of amides is 1. The molecule has 0 aliphatic carbocycles. The van der Waals surface area contributed by atoms with Gasteiger partial charge in [0.05, 0.1) is 42.3 Å². The van der Waals surface area contributed by atoms with Crippen molar-refractivity contribution in [3.63, 3.8) is 0 Å². The Kier molecular flexibility index (Phi) is 9.30. The summed E-state index contributed by atoms with van der Waals surface area (Å²) in [6.07, 6.45) is 0. The number of hydrogen-bond acceptors (Lipinski definition) is 8. The lowest BCUT2D eigenvalue weighted by molar-refractivity contribution is 0.0730. The summed E-state index contributed by atoms with van der Waals surface area (Å²) in [5.41, 5.74) is 0.756. The fourth-order valence-corrected chi connectivity index (χ4v) is 6.55. The maximum Gasteiger partial charge on any atom is 0.264 e. The molecule has 4 rings (SSSR count). The quantitative estimate of drug-likeness (QED) is 0.337. The zero-order chi connectivity index (χ0) is 28.8. The molecule has 40 heavy (non-hydrogen) atoms. The van der Waals surface area contributed by atoms with Crippen molar-refractivity contribution >= 4 is 31.6 Å². The molecular weight excluding hydrogens is 558 g/mol. The van der Waals surface area contributed by atoms with Gasteiger partial charge in [0.2, 0.25) is 10.0 Å². The monoisotopic (exact) mass is 589 g/mol. The Bertz CT molecular complexity index is 1500. The Morgan fingerprint density at radius 1 is 0.875 bits per heavy atom. The van der Waals surface area contributed by atoms with Crippen LogP contribution in [0.2, 0.25) is 0 Å². The SMILES string of the molecule is COc1ccc(S(=O)(=O)N(C)c2ccc(C(=O)NCCOc3ccc(S(=O)(=O)N4CCOCC4)cc3)cc2)cc1. The number of benzene rings is 3. The van der Waals surface area contributed by atoms with Crippen LogP contribution in [0.3, 0.4) is 0 Å². The third kappa shape index (κ3) is 6.73. The van der Waals surface area contributed by atoms with Crippen LogP contribution in [-0.4, -0.2) is 80.7 Å². The summed E-state index contributed by atoms with van der Waals surface area (Å²) in [4.78, 5) is 12.8. The molecule has 0 atom stereocenters. The Hall–Kier alpha value is -3.65. The van der Waals surface area contributed by atoms with Gasteiger partial charge in [-0.15, -0.1) is 0 Å². The van der Waals surface area contributed by atoms with Gasteiger partial charge in [-0.3, -0.25) is 9.10 Å². The van der Waals surface area contributed by atoms with Crippen molar-refractivity contribution in [2.75, 3.05) is 57.9 Å². The largest absolute Gasteiger partial charge is 0.497 e. The van der Waals surface area contributed by atoms with Gasteiger partial charge in [0.15, 0.2) is 0 Å². The summed E-state index contributed by atoms with van der Waals surface area (Å²) in [5.74, 6) is 0.679. The smallest absolute Gasteiger partial charge is 0.264 e. The van der Waals surface area contributed by atoms with Crippen LogP contribution in [-0.2, 0) is 24.8 Å². The van der Waals surface area contributed by atoms with Crippen LogP contribution in [0.15, 0.2) is 82.6 Å². The highest BCUT2D eigenvalue weighted by molar-refractivity contribution is 7.92. The fraction of sp³-hybridized carbons (Fsp3) is 0.296. The van der Waals surface area contributed by atoms with E-state index in [4.69, 9.17) is 14.2 Å². The number of sulfonamides is 2. The fourth-order valence-electron chi connectivity index (χ4n) is 3.95. The number of carbonyl (C=O) groups is 1. The molecule has 1 aliphatic rings. The number of nitrogens with zero attached hydrogens (tertiary/aromatic N) is 2. The van der Waals surface area contributed by atoms with Gasteiger partial charge >= 0.3 is 0 Å². The average molecular weight is 590 g/mol. The van der Waals surface area contributed by atoms with Crippen molar-refractivity contribution < 1.29 is 35.8 Å². The topological polar surface area (TPSA) is 132 Å². The van der Waals surface area contributed by atoms with Crippen molar-refractivity contribution in [2.24, 2.45) is 0 Å². The Morgan fingerprint density at radius 2 is 1.45 bits per heavy atom. The summed E-state index contributed by atoms with van der Waals surface area (Å²) in [6.45, 7) is 1.77. The molecule has 1 aliphatic heterocycles. The molecule has 1 amide bonds. The van der Waals surface area contributed by atoms with E-state index >= 15 is 0 Å². The summed E-state index contributed by atoms with van der Waals surface area (Å²) in [7, 11) is -4.43. The minimum absolute atomic E-state index is 0.117. The van der Waals surface area contributed by atoms with Gasteiger partial charge in [-0.2, -0.15) is 4.31 Å². The van der Waals surface area contributed by atoms with Crippen LogP contribution < -0.4 is 19.1 Å². The van der Waals surface area contributed by atoms with Crippen molar-refractivity contribution in [2.45, 2.75) is 9.79 Å². The lowest BCUT2D eigenvalue weighted by Gasteiger charge is -2.26. The van der Waals surface area contributed by atoms with Gasteiger partial charge in [0, 0.05) is 25.7 Å². The lowest BCUT2D eigenvalue weighted by atomic mass is 10.2. The van der Waals surface area contributed by atoms with Crippen molar-refractivity contribution in [3.05, 3.63) is 78.4 Å². The number of methoxy groups -OCH3 is 1. The number of ether oxygens (including phenoxy) is 3. The first kappa shape index (κ1) is 29.3. The van der Waals surface area contributed by atoms with Gasteiger partial charge in [0.1, 0.15) is 18.1 Å². The van der Waals surface area contributed by atoms with Crippen LogP contribution >= 0.6 is 0 Å². The van der Waals surface area contributed by atoms with Crippen LogP contribution in [0.5, 0.6) is 11.5 Å². The molecule has 3 aromatic carbocycles. The molecule has 0 radical (unpaired) electrons. The van der Waals surface area contributed by atoms with E-state index in [9.17, 15) is 21.6 Å². The third-order valence-electron chi connectivity index (χ3n) is 6.30. The van der Waals surface area contributed by atoms with E-state index < -0.39 is 20.0 Å². The van der Waals surface area contributed by atoms with E-state index in [1.807, 2.05) is 0 Å². The van der Waals surface area contributed by atoms with E-state index in [1.165, 1.54) is 42.7 Å². The van der Waals surface area contributed by atoms with E-state index in [0.29, 0.717) is 49.1 Å². The molecule has 0 spiro atoms. The molecule has 1 fully saturated rings. The molecule has 1 saturated heterocycles. The second kappa shape index (κ2) is 12.7. The summed E-state index contributed by atoms with van der Waals surface area (Å²) < 4.78 is 69.7. The second-order valence-corrected chi connectivity index (χ2v) is 12.7. The minimum atomic E-state index is -3.79. The van der Waals surface area contributed by atoms with Crippen molar-refractivity contribution in [1.82, 2.24) is 9.62 Å². The van der Waals surface area contributed by atoms with Gasteiger partial charge in [-0.1, -0.05) is 0 Å². The number of nitrogens with one attached hydrogen (secondary N) is 1. The predicted molar refractivity (Wildman–Crippen MR) is 149 cm³/mol. The predicted octanol–water partition coefficient (Wildman–Crippen LogP) is 2.35. The summed E-state index contributed by atoms with van der Waals surface area (Å²) >= 11 is 0. The van der Waals surface area contributed by atoms with E-state index in [1.54, 1.807) is 48.5 Å². The minimum Gasteiger partial charge on any atom is -0.497 e. The van der Waals surface area contributed by atoms with Crippen LogP contribution in [0.4, 0.5) is 5.69 Å². The average Bonchev–Trinajstić information content (AvgIpc) is 2.99. The van der Waals surface area contributed by atoms with E-state index in [2.05, 4.69) is 5.32 Å². The summed E-state index contributed by atoms with van der Waals surface area (Å²) in [5, 5.41) is 2.74. The molecule has 0 unspecified atom stereocenters. The number of rotatable bonds is 11. The molecule has 0 aromatic heterocycles. The highest BCUT2D eigenvalue weighted by atomic mass is 32.2. The number of hydrogen-bond donors (Lipinski definition) is 1. The molecule has 13 heteroatoms. The molecule has 1 N–H and O–H groups in total. The summed E-state index contributed by atoms with van der Waals surface area (Å²) in [6, 6.07) is 18.4. The molecule has 0 saturated carbocycles. The lowest BCUT2D eigenvalue weighted by Crippen LogP contribution is -2.40. The first-order valence-corrected chi connectivity index (χ1v) is 15.3. The first-order chi connectivity index (χ1) is 19.1.